The molecule has 2 nitrogen and oxygen atoms in total. The van der Waals surface area contributed by atoms with E-state index in [9.17, 15) is 0 Å². The maximum absolute atomic E-state index is 8.67. The molecule has 0 aliphatic heterocycles. The molecule has 0 bridgehead atoms. The fraction of sp³-hybridized carbons (Fsp3) is 1.00. The van der Waals surface area contributed by atoms with Crippen molar-refractivity contribution in [2.45, 2.75) is 20.2 Å². The van der Waals surface area contributed by atoms with E-state index >= 15 is 0 Å². The number of rotatable bonds is 3. The summed E-state index contributed by atoms with van der Waals surface area (Å²) in [7, 11) is -0.809. The van der Waals surface area contributed by atoms with E-state index in [0.29, 0.717) is 12.2 Å². The summed E-state index contributed by atoms with van der Waals surface area (Å²) in [4.78, 5) is 0. The number of hydrogen-bond acceptors (Lipinski definition) is 2. The third-order valence-electron chi connectivity index (χ3n) is 0.776. The first-order valence-electron chi connectivity index (χ1n) is 2.62. The van der Waals surface area contributed by atoms with Gasteiger partial charge in [-0.15, -0.1) is 0 Å². The minimum Gasteiger partial charge on any atom is -0.426 e. The number of halogens is 1. The van der Waals surface area contributed by atoms with Crippen molar-refractivity contribution in [3.63, 3.8) is 0 Å². The quantitative estimate of drug-likeness (QED) is 0.593. The van der Waals surface area contributed by atoms with Crippen LogP contribution in [0.15, 0.2) is 0 Å². The van der Waals surface area contributed by atoms with Crippen molar-refractivity contribution >= 4 is 19.0 Å². The number of hydrogen-bond donors (Lipinski definition) is 1. The Morgan fingerprint density at radius 1 is 1.75 bits per heavy atom. The van der Waals surface area contributed by atoms with Crippen molar-refractivity contribution < 1.29 is 9.23 Å². The first-order valence-corrected chi connectivity index (χ1v) is 2.93. The fourth-order valence-electron chi connectivity index (χ4n) is 0.440. The standard InChI is InChI=1S/C4H10BClO2/c1-4(2)3-5(7)8-6/h4,7H,3H2,1-2H3. The Kier molecular flexibility index (Phi) is 4.33. The summed E-state index contributed by atoms with van der Waals surface area (Å²) in [6, 6.07) is 0. The highest BCUT2D eigenvalue weighted by molar-refractivity contribution is 6.48. The van der Waals surface area contributed by atoms with Gasteiger partial charge >= 0.3 is 7.12 Å². The average molecular weight is 136 g/mol. The molecule has 0 heterocycles. The molecule has 0 rings (SSSR count). The van der Waals surface area contributed by atoms with Crippen LogP contribution in [-0.2, 0) is 4.21 Å². The molecular weight excluding hydrogens is 126 g/mol. The highest BCUT2D eigenvalue weighted by Gasteiger charge is 2.13. The van der Waals surface area contributed by atoms with Gasteiger partial charge in [0.15, 0.2) is 0 Å². The second kappa shape index (κ2) is 4.18. The molecule has 0 spiro atoms. The Morgan fingerprint density at radius 2 is 2.25 bits per heavy atom. The van der Waals surface area contributed by atoms with Gasteiger partial charge in [0.2, 0.25) is 0 Å². The summed E-state index contributed by atoms with van der Waals surface area (Å²) in [5.41, 5.74) is 0. The molecule has 0 aromatic rings. The zero-order valence-corrected chi connectivity index (χ0v) is 5.85. The molecule has 8 heavy (non-hydrogen) atoms. The van der Waals surface area contributed by atoms with Gasteiger partial charge in [-0.05, 0) is 12.2 Å². The first kappa shape index (κ1) is 8.27. The highest BCUT2D eigenvalue weighted by atomic mass is 35.5. The summed E-state index contributed by atoms with van der Waals surface area (Å²) >= 11 is 4.85. The van der Waals surface area contributed by atoms with Crippen molar-refractivity contribution in [1.82, 2.24) is 0 Å². The third kappa shape index (κ3) is 4.43. The fourth-order valence-corrected chi connectivity index (χ4v) is 0.512. The van der Waals surface area contributed by atoms with Crippen LogP contribution < -0.4 is 0 Å². The van der Waals surface area contributed by atoms with Crippen LogP contribution in [0, 0.1) is 5.92 Å². The van der Waals surface area contributed by atoms with Crippen LogP contribution in [0.3, 0.4) is 0 Å². The predicted octanol–water partition coefficient (Wildman–Crippen LogP) is 1.29. The van der Waals surface area contributed by atoms with Crippen LogP contribution in [0.4, 0.5) is 0 Å². The third-order valence-corrected chi connectivity index (χ3v) is 0.982. The summed E-state index contributed by atoms with van der Waals surface area (Å²) in [6.07, 6.45) is 0.587. The summed E-state index contributed by atoms with van der Waals surface area (Å²) in [5, 5.41) is 8.67. The Morgan fingerprint density at radius 3 is 2.38 bits per heavy atom. The molecule has 0 saturated heterocycles. The second-order valence-corrected chi connectivity index (χ2v) is 2.35. The molecule has 0 saturated carbocycles. The lowest BCUT2D eigenvalue weighted by molar-refractivity contribution is 0.423. The van der Waals surface area contributed by atoms with E-state index in [0.717, 1.165) is 0 Å². The summed E-state index contributed by atoms with van der Waals surface area (Å²) in [5.74, 6) is 0.420. The van der Waals surface area contributed by atoms with Crippen LogP contribution in [0.5, 0.6) is 0 Å². The molecule has 0 amide bonds. The molecule has 0 aromatic heterocycles. The zero-order chi connectivity index (χ0) is 6.57. The first-order chi connectivity index (χ1) is 3.66. The van der Waals surface area contributed by atoms with Gasteiger partial charge in [-0.1, -0.05) is 13.8 Å². The largest absolute Gasteiger partial charge is 0.472 e. The van der Waals surface area contributed by atoms with Crippen LogP contribution in [0.25, 0.3) is 0 Å². The molecule has 0 fully saturated rings. The van der Waals surface area contributed by atoms with Gasteiger partial charge in [-0.2, -0.15) is 0 Å². The molecule has 0 radical (unpaired) electrons. The highest BCUT2D eigenvalue weighted by Crippen LogP contribution is 2.04. The average Bonchev–Trinajstić information content (AvgIpc) is 1.65. The van der Waals surface area contributed by atoms with Crippen molar-refractivity contribution in [2.75, 3.05) is 0 Å². The van der Waals surface area contributed by atoms with Gasteiger partial charge in [0.05, 0.1) is 0 Å². The van der Waals surface area contributed by atoms with Gasteiger partial charge in [0.25, 0.3) is 0 Å². The van der Waals surface area contributed by atoms with Crippen molar-refractivity contribution in [2.24, 2.45) is 5.92 Å². The molecule has 0 aliphatic carbocycles. The summed E-state index contributed by atoms with van der Waals surface area (Å²) < 4.78 is 4.09. The predicted molar refractivity (Wildman–Crippen MR) is 34.6 cm³/mol. The minimum atomic E-state index is -0.809. The Hall–Kier alpha value is 0.275. The van der Waals surface area contributed by atoms with Crippen molar-refractivity contribution in [1.29, 1.82) is 0 Å². The van der Waals surface area contributed by atoms with E-state index in [-0.39, 0.29) is 0 Å². The van der Waals surface area contributed by atoms with Gasteiger partial charge in [0.1, 0.15) is 0 Å². The smallest absolute Gasteiger partial charge is 0.426 e. The van der Waals surface area contributed by atoms with Gasteiger partial charge in [0, 0.05) is 11.9 Å². The van der Waals surface area contributed by atoms with E-state index < -0.39 is 7.12 Å². The van der Waals surface area contributed by atoms with E-state index in [2.05, 4.69) is 4.21 Å². The normalized spacial score (nSPS) is 10.1. The molecule has 0 aromatic carbocycles. The van der Waals surface area contributed by atoms with Crippen molar-refractivity contribution in [3.8, 4) is 0 Å². The molecule has 0 unspecified atom stereocenters. The van der Waals surface area contributed by atoms with Crippen LogP contribution >= 0.6 is 11.9 Å². The minimum absolute atomic E-state index is 0.420. The topological polar surface area (TPSA) is 29.5 Å². The molecular formula is C4H10BClO2. The van der Waals surface area contributed by atoms with E-state index in [1.807, 2.05) is 13.8 Å². The SMILES string of the molecule is CC(C)CB(O)OCl. The van der Waals surface area contributed by atoms with E-state index in [1.165, 1.54) is 0 Å². The van der Waals surface area contributed by atoms with Gasteiger partial charge in [-0.25, -0.2) is 0 Å². The van der Waals surface area contributed by atoms with E-state index in [1.54, 1.807) is 0 Å². The van der Waals surface area contributed by atoms with Crippen molar-refractivity contribution in [3.05, 3.63) is 0 Å². The lowest BCUT2D eigenvalue weighted by atomic mass is 9.80. The zero-order valence-electron chi connectivity index (χ0n) is 5.10. The Balaban J connectivity index is 3.10. The van der Waals surface area contributed by atoms with Crippen LogP contribution in [-0.4, -0.2) is 12.1 Å². The Bertz CT molecular complexity index is 60.0. The van der Waals surface area contributed by atoms with Crippen LogP contribution in [0.1, 0.15) is 13.8 Å². The summed E-state index contributed by atoms with van der Waals surface area (Å²) in [6.45, 7) is 3.97. The monoisotopic (exact) mass is 136 g/mol. The lowest BCUT2D eigenvalue weighted by Gasteiger charge is -2.02. The molecule has 1 N–H and O–H groups in total. The molecule has 4 heteroatoms. The van der Waals surface area contributed by atoms with E-state index in [4.69, 9.17) is 16.9 Å². The van der Waals surface area contributed by atoms with Gasteiger partial charge < -0.3 is 9.23 Å². The molecule has 48 valence electrons. The van der Waals surface area contributed by atoms with Gasteiger partial charge in [-0.3, -0.25) is 0 Å². The lowest BCUT2D eigenvalue weighted by Crippen LogP contribution is -2.14. The molecule has 0 atom stereocenters. The second-order valence-electron chi connectivity index (χ2n) is 2.17. The maximum atomic E-state index is 8.67. The van der Waals surface area contributed by atoms with Crippen LogP contribution in [0.2, 0.25) is 6.32 Å². The Labute approximate surface area is 55.1 Å². The maximum Gasteiger partial charge on any atom is 0.472 e. The molecule has 0 aliphatic rings.